The van der Waals surface area contributed by atoms with E-state index >= 15 is 4.39 Å². The fourth-order valence-corrected chi connectivity index (χ4v) is 12.2. The zero-order chi connectivity index (χ0) is 36.0. The molecule has 3 aromatic heterocycles. The van der Waals surface area contributed by atoms with Crippen molar-refractivity contribution in [3.8, 4) is 23.1 Å². The van der Waals surface area contributed by atoms with E-state index in [-0.39, 0.29) is 51.7 Å². The number of aryl methyl sites for hydroxylation is 1. The summed E-state index contributed by atoms with van der Waals surface area (Å²) in [6.45, 7) is 2.76. The zero-order valence-corrected chi connectivity index (χ0v) is 31.1. The number of nitrogens with one attached hydrogen (secondary N) is 1. The highest BCUT2D eigenvalue weighted by Crippen LogP contribution is 2.55. The summed E-state index contributed by atoms with van der Waals surface area (Å²) in [6, 6.07) is 2.73. The molecule has 0 radical (unpaired) electrons. The second-order valence-corrected chi connectivity index (χ2v) is 18.0. The highest BCUT2D eigenvalue weighted by atomic mass is 35.5. The van der Waals surface area contributed by atoms with Crippen molar-refractivity contribution in [3.63, 3.8) is 0 Å². The quantitative estimate of drug-likeness (QED) is 0.224. The summed E-state index contributed by atoms with van der Waals surface area (Å²) in [5.41, 5.74) is 0.252. The van der Waals surface area contributed by atoms with E-state index in [9.17, 15) is 13.7 Å². The Kier molecular flexibility index (Phi) is 8.44. The van der Waals surface area contributed by atoms with E-state index in [4.69, 9.17) is 31.0 Å². The number of H-pyrrole nitrogens is 1. The molecular weight excluding hydrogens is 712 g/mol. The molecule has 5 fully saturated rings. The van der Waals surface area contributed by atoms with Crippen molar-refractivity contribution in [2.45, 2.75) is 82.4 Å². The number of halogens is 3. The van der Waals surface area contributed by atoms with Crippen LogP contribution in [-0.4, -0.2) is 109 Å². The summed E-state index contributed by atoms with van der Waals surface area (Å²) in [7, 11) is 0.796. The minimum atomic E-state index is -1.58. The Morgan fingerprint density at radius 2 is 1.92 bits per heavy atom. The van der Waals surface area contributed by atoms with E-state index in [0.717, 1.165) is 63.0 Å². The van der Waals surface area contributed by atoms with Crippen LogP contribution in [0, 0.1) is 23.6 Å². The molecule has 3 aliphatic heterocycles. The molecule has 5 aliphatic rings. The molecular formula is C37H44ClF2N7O4S. The lowest BCUT2D eigenvalue weighted by atomic mass is 9.64. The van der Waals surface area contributed by atoms with Crippen LogP contribution >= 0.6 is 11.6 Å². The van der Waals surface area contributed by atoms with Gasteiger partial charge in [-0.05, 0) is 81.9 Å². The fraction of sp³-hybridized carbons (Fsp3) is 0.622. The number of anilines is 1. The van der Waals surface area contributed by atoms with Crippen LogP contribution in [-0.2, 0) is 10.8 Å². The van der Waals surface area contributed by atoms with Gasteiger partial charge in [-0.2, -0.15) is 15.1 Å². The van der Waals surface area contributed by atoms with Crippen LogP contribution in [0.15, 0.2) is 12.3 Å². The van der Waals surface area contributed by atoms with Gasteiger partial charge in [0.05, 0.1) is 37.0 Å². The number of likely N-dealkylation sites (tertiary alicyclic amines) is 1. The number of aromatic nitrogens is 5. The van der Waals surface area contributed by atoms with Gasteiger partial charge in [0, 0.05) is 57.3 Å². The number of methoxy groups -OCH3 is 1. The Morgan fingerprint density at radius 1 is 1.13 bits per heavy atom. The lowest BCUT2D eigenvalue weighted by Gasteiger charge is -2.60. The molecule has 1 aromatic carbocycles. The molecule has 4 aromatic rings. The van der Waals surface area contributed by atoms with Gasteiger partial charge < -0.3 is 19.5 Å². The number of benzene rings is 1. The molecule has 6 heterocycles. The molecule has 15 heteroatoms. The third-order valence-electron chi connectivity index (χ3n) is 12.7. The smallest absolute Gasteiger partial charge is 0.319 e. The number of aliphatic hydroxyl groups is 1. The molecule has 278 valence electrons. The van der Waals surface area contributed by atoms with Crippen molar-refractivity contribution < 1.29 is 27.6 Å². The maximum atomic E-state index is 17.2. The largest absolute Gasteiger partial charge is 0.480 e. The minimum Gasteiger partial charge on any atom is -0.480 e. The van der Waals surface area contributed by atoms with Crippen LogP contribution in [0.4, 0.5) is 14.6 Å². The van der Waals surface area contributed by atoms with Gasteiger partial charge in [0.25, 0.3) is 0 Å². The Bertz CT molecular complexity index is 2090. The van der Waals surface area contributed by atoms with Crippen molar-refractivity contribution in [3.05, 3.63) is 28.7 Å². The predicted molar refractivity (Wildman–Crippen MR) is 196 cm³/mol. The molecule has 3 saturated heterocycles. The Morgan fingerprint density at radius 3 is 2.69 bits per heavy atom. The molecule has 2 saturated carbocycles. The minimum absolute atomic E-state index is 0.00968. The number of ether oxygens (including phenoxy) is 2. The fourth-order valence-electron chi connectivity index (χ4n) is 10.2. The number of nitrogens with zero attached hydrogens (tertiary/aromatic N) is 6. The summed E-state index contributed by atoms with van der Waals surface area (Å²) in [4.78, 5) is 18.7. The van der Waals surface area contributed by atoms with Gasteiger partial charge in [-0.3, -0.25) is 14.2 Å². The SMILES string of the molecule is COc1nc(-c2c(Cl)c(C)cc3[nH]ncc23)c(F)c2nc(OCC34CCCC3N(C3CC5(C3)CS(=O)C5)CCC4)nc(N3CCCC(O)(CF)C3)c12. The van der Waals surface area contributed by atoms with Gasteiger partial charge in [0.2, 0.25) is 5.88 Å². The van der Waals surface area contributed by atoms with Gasteiger partial charge in [0.15, 0.2) is 5.82 Å². The van der Waals surface area contributed by atoms with Gasteiger partial charge in [-0.15, -0.1) is 0 Å². The molecule has 0 amide bonds. The van der Waals surface area contributed by atoms with E-state index in [2.05, 4.69) is 20.1 Å². The number of hydrogen-bond donors (Lipinski definition) is 2. The second kappa shape index (κ2) is 12.7. The van der Waals surface area contributed by atoms with Crippen LogP contribution in [0.3, 0.4) is 0 Å². The lowest BCUT2D eigenvalue weighted by molar-refractivity contribution is -0.0719. The van der Waals surface area contributed by atoms with E-state index in [0.29, 0.717) is 65.1 Å². The second-order valence-electron chi connectivity index (χ2n) is 16.1. The maximum Gasteiger partial charge on any atom is 0.319 e. The van der Waals surface area contributed by atoms with E-state index in [1.807, 2.05) is 13.0 Å². The summed E-state index contributed by atoms with van der Waals surface area (Å²) >= 11 is 6.85. The van der Waals surface area contributed by atoms with E-state index in [1.165, 1.54) is 7.11 Å². The number of β-amino-alcohol motifs (C(OH)–C–C–N with tert-alkyl or cyclic N) is 1. The van der Waals surface area contributed by atoms with Gasteiger partial charge in [0.1, 0.15) is 34.7 Å². The number of fused-ring (bicyclic) bond motifs is 3. The molecule has 1 spiro atoms. The molecule has 2 aliphatic carbocycles. The van der Waals surface area contributed by atoms with E-state index in [1.54, 1.807) is 11.1 Å². The van der Waals surface area contributed by atoms with Crippen molar-refractivity contribution >= 4 is 50.0 Å². The predicted octanol–water partition coefficient (Wildman–Crippen LogP) is 5.90. The molecule has 3 unspecified atom stereocenters. The van der Waals surface area contributed by atoms with Crippen LogP contribution in [0.5, 0.6) is 11.9 Å². The van der Waals surface area contributed by atoms with Crippen molar-refractivity contribution in [1.29, 1.82) is 0 Å². The average molecular weight is 756 g/mol. The maximum absolute atomic E-state index is 17.2. The lowest BCUT2D eigenvalue weighted by Crippen LogP contribution is -2.65. The molecule has 11 nitrogen and oxygen atoms in total. The Labute approximate surface area is 308 Å². The number of hydrogen-bond acceptors (Lipinski definition) is 10. The highest BCUT2D eigenvalue weighted by molar-refractivity contribution is 7.86. The number of aromatic amines is 1. The molecule has 52 heavy (non-hydrogen) atoms. The summed E-state index contributed by atoms with van der Waals surface area (Å²) in [5.74, 6) is 1.31. The van der Waals surface area contributed by atoms with Gasteiger partial charge >= 0.3 is 6.01 Å². The van der Waals surface area contributed by atoms with Crippen LogP contribution in [0.2, 0.25) is 5.02 Å². The topological polar surface area (TPSA) is 130 Å². The number of pyridine rings is 1. The van der Waals surface area contributed by atoms with Crippen LogP contribution in [0.1, 0.15) is 63.4 Å². The number of piperidine rings is 2. The first-order valence-electron chi connectivity index (χ1n) is 18.4. The Balaban J connectivity index is 1.12. The summed E-state index contributed by atoms with van der Waals surface area (Å²) < 4.78 is 55.6. The first kappa shape index (κ1) is 34.6. The van der Waals surface area contributed by atoms with Crippen molar-refractivity contribution in [2.75, 3.05) is 56.4 Å². The highest BCUT2D eigenvalue weighted by Gasteiger charge is 2.58. The first-order chi connectivity index (χ1) is 25.0. The third-order valence-corrected chi connectivity index (χ3v) is 15.0. The van der Waals surface area contributed by atoms with Crippen LogP contribution < -0.4 is 14.4 Å². The normalized spacial score (nSPS) is 31.9. The number of rotatable bonds is 8. The Hall–Kier alpha value is -3.20. The zero-order valence-electron chi connectivity index (χ0n) is 29.5. The van der Waals surface area contributed by atoms with Gasteiger partial charge in [-0.1, -0.05) is 18.0 Å². The molecule has 2 N–H and O–H groups in total. The molecule has 0 bridgehead atoms. The first-order valence-corrected chi connectivity index (χ1v) is 20.3. The standard InChI is InChI=1S/C37H44ClF2N7O4S/c1-21-12-24-23(15-41-45-24)26(28(21)38)30-29(40)31-27(33(42-30)50-2)32(46-10-5-9-37(48,16-39)17-46)44-34(43-31)51-18-36-7-3-6-25(36)47(11-4-8-36)22-13-35(14-22)19-52(49)20-35/h12,15,22,25,48H,3-11,13-14,16-20H2,1-2H3,(H,41,45). The number of alkyl halides is 1. The van der Waals surface area contributed by atoms with Gasteiger partial charge in [-0.25, -0.2) is 13.8 Å². The summed E-state index contributed by atoms with van der Waals surface area (Å²) in [6.07, 6.45) is 9.95. The summed E-state index contributed by atoms with van der Waals surface area (Å²) in [5, 5.41) is 19.3. The van der Waals surface area contributed by atoms with E-state index < -0.39 is 28.9 Å². The molecule has 9 rings (SSSR count). The van der Waals surface area contributed by atoms with Crippen molar-refractivity contribution in [1.82, 2.24) is 30.0 Å². The third kappa shape index (κ3) is 5.48. The van der Waals surface area contributed by atoms with Crippen LogP contribution in [0.25, 0.3) is 33.1 Å². The molecule has 3 atom stereocenters. The monoisotopic (exact) mass is 755 g/mol. The van der Waals surface area contributed by atoms with Crippen molar-refractivity contribution in [2.24, 2.45) is 10.8 Å². The average Bonchev–Trinajstić information content (AvgIpc) is 3.77.